The number of benzene rings is 2. The quantitative estimate of drug-likeness (QED) is 0.358. The first-order valence-electron chi connectivity index (χ1n) is 6.13. The molecular formula is C13H8ClKN2O7S. The Morgan fingerprint density at radius 1 is 1.20 bits per heavy atom. The number of rotatable bonds is 5. The Labute approximate surface area is 189 Å². The average Bonchev–Trinajstić information content (AvgIpc) is 2.48. The van der Waals surface area contributed by atoms with Crippen LogP contribution in [-0.2, 0) is 10.0 Å². The Morgan fingerprint density at radius 2 is 1.84 bits per heavy atom. The van der Waals surface area contributed by atoms with Crippen molar-refractivity contribution >= 4 is 39.0 Å². The molecule has 0 saturated heterocycles. The summed E-state index contributed by atoms with van der Waals surface area (Å²) in [4.78, 5) is 20.4. The number of nitro groups is 1. The Kier molecular flexibility index (Phi) is 7.37. The molecule has 0 unspecified atom stereocenters. The van der Waals surface area contributed by atoms with Crippen molar-refractivity contribution in [3.05, 3.63) is 57.1 Å². The molecule has 25 heavy (non-hydrogen) atoms. The second kappa shape index (κ2) is 8.45. The molecule has 0 aromatic heterocycles. The van der Waals surface area contributed by atoms with E-state index in [-0.39, 0.29) is 62.1 Å². The molecule has 0 aliphatic rings. The Balaban J connectivity index is 0.00000312. The summed E-state index contributed by atoms with van der Waals surface area (Å²) in [7, 11) is -4.25. The molecule has 0 amide bonds. The summed E-state index contributed by atoms with van der Waals surface area (Å²) in [6.45, 7) is 0. The van der Waals surface area contributed by atoms with E-state index in [1.165, 1.54) is 0 Å². The summed E-state index contributed by atoms with van der Waals surface area (Å²) in [5.41, 5.74) is -1.39. The van der Waals surface area contributed by atoms with Crippen LogP contribution in [0, 0.1) is 10.1 Å². The van der Waals surface area contributed by atoms with Gasteiger partial charge in [-0.15, -0.1) is 0 Å². The molecule has 0 saturated carbocycles. The monoisotopic (exact) mass is 410 g/mol. The zero-order chi connectivity index (χ0) is 18.1. The third-order valence-corrected chi connectivity index (χ3v) is 4.59. The molecule has 0 fully saturated rings. The largest absolute Gasteiger partial charge is 1.00 e. The number of carbonyl (C=O) groups is 1. The van der Waals surface area contributed by atoms with Crippen LogP contribution in [0.5, 0.6) is 5.75 Å². The predicted octanol–water partition coefficient (Wildman–Crippen LogP) is -1.18. The van der Waals surface area contributed by atoms with Gasteiger partial charge in [-0.3, -0.25) is 14.8 Å². The second-order valence-corrected chi connectivity index (χ2v) is 6.58. The first-order chi connectivity index (χ1) is 11.1. The van der Waals surface area contributed by atoms with Crippen LogP contribution in [0.25, 0.3) is 0 Å². The van der Waals surface area contributed by atoms with Crippen molar-refractivity contribution in [2.45, 2.75) is 4.90 Å². The van der Waals surface area contributed by atoms with Gasteiger partial charge in [0.25, 0.3) is 15.7 Å². The summed E-state index contributed by atoms with van der Waals surface area (Å²) in [5, 5.41) is 30.8. The summed E-state index contributed by atoms with van der Waals surface area (Å²) < 4.78 is 26.5. The van der Waals surface area contributed by atoms with Gasteiger partial charge in [0.1, 0.15) is 5.02 Å². The third-order valence-electron chi connectivity index (χ3n) is 2.89. The van der Waals surface area contributed by atoms with Gasteiger partial charge in [0.2, 0.25) is 0 Å². The number of hydrogen-bond donors (Lipinski definition) is 2. The van der Waals surface area contributed by atoms with Crippen molar-refractivity contribution in [1.29, 1.82) is 0 Å². The van der Waals surface area contributed by atoms with Crippen LogP contribution >= 0.6 is 11.6 Å². The fourth-order valence-corrected chi connectivity index (χ4v) is 3.03. The maximum absolute atomic E-state index is 12.3. The number of carboxylic acid groups (broad SMARTS) is 1. The van der Waals surface area contributed by atoms with Gasteiger partial charge in [0, 0.05) is 11.8 Å². The number of hydrogen-bond acceptors (Lipinski definition) is 6. The summed E-state index contributed by atoms with van der Waals surface area (Å²) in [5.74, 6) is -2.30. The zero-order valence-electron chi connectivity index (χ0n) is 12.6. The van der Waals surface area contributed by atoms with Gasteiger partial charge in [-0.05, 0) is 24.3 Å². The van der Waals surface area contributed by atoms with E-state index < -0.39 is 42.8 Å². The summed E-state index contributed by atoms with van der Waals surface area (Å²) >= 11 is 5.62. The molecule has 0 aliphatic heterocycles. The minimum atomic E-state index is -4.25. The molecule has 9 nitrogen and oxygen atoms in total. The number of carboxylic acids is 1. The number of anilines is 1. The van der Waals surface area contributed by atoms with Gasteiger partial charge in [0.15, 0.2) is 0 Å². The molecule has 2 rings (SSSR count). The number of nitrogens with one attached hydrogen (secondary N) is 1. The molecule has 12 heteroatoms. The van der Waals surface area contributed by atoms with E-state index in [1.54, 1.807) is 0 Å². The smallest absolute Gasteiger partial charge is 0.872 e. The van der Waals surface area contributed by atoms with Gasteiger partial charge in [-0.2, -0.15) is 0 Å². The van der Waals surface area contributed by atoms with Crippen LogP contribution in [0.2, 0.25) is 5.02 Å². The molecule has 2 aromatic carbocycles. The number of nitro benzene ring substituents is 1. The second-order valence-electron chi connectivity index (χ2n) is 4.49. The standard InChI is InChI=1S/C13H9ClN2O7S.K/c14-10-3-2-8(6-11(10)16(20)21)24(22,23)15-7-1-4-12(17)9(5-7)13(18)19;/h1-6,15,17H,(H,18,19);/q;+1/p-1. The van der Waals surface area contributed by atoms with E-state index in [4.69, 9.17) is 16.7 Å². The Bertz CT molecular complexity index is 949. The van der Waals surface area contributed by atoms with Gasteiger partial charge >= 0.3 is 57.4 Å². The van der Waals surface area contributed by atoms with Crippen LogP contribution in [0.3, 0.4) is 0 Å². The van der Waals surface area contributed by atoms with Crippen molar-refractivity contribution < 1.29 is 79.7 Å². The van der Waals surface area contributed by atoms with Crippen LogP contribution in [0.1, 0.15) is 10.4 Å². The maximum atomic E-state index is 12.3. The molecular weight excluding hydrogens is 403 g/mol. The molecule has 0 bridgehead atoms. The number of aromatic carboxylic acids is 1. The molecule has 0 spiro atoms. The van der Waals surface area contributed by atoms with E-state index in [0.717, 1.165) is 36.4 Å². The van der Waals surface area contributed by atoms with Crippen molar-refractivity contribution in [3.63, 3.8) is 0 Å². The van der Waals surface area contributed by atoms with E-state index in [0.29, 0.717) is 0 Å². The first-order valence-corrected chi connectivity index (χ1v) is 7.99. The van der Waals surface area contributed by atoms with Gasteiger partial charge in [-0.25, -0.2) is 13.2 Å². The first kappa shape index (κ1) is 21.8. The average molecular weight is 411 g/mol. The molecule has 0 atom stereocenters. The fourth-order valence-electron chi connectivity index (χ4n) is 1.77. The maximum Gasteiger partial charge on any atom is 1.00 e. The molecule has 0 radical (unpaired) electrons. The Morgan fingerprint density at radius 3 is 2.40 bits per heavy atom. The van der Waals surface area contributed by atoms with E-state index in [2.05, 4.69) is 0 Å². The van der Waals surface area contributed by atoms with Gasteiger partial charge in [-0.1, -0.05) is 23.4 Å². The van der Waals surface area contributed by atoms with Crippen LogP contribution in [0.4, 0.5) is 11.4 Å². The van der Waals surface area contributed by atoms with Gasteiger partial charge < -0.3 is 10.2 Å². The zero-order valence-corrected chi connectivity index (χ0v) is 17.3. The third kappa shape index (κ3) is 5.14. The summed E-state index contributed by atoms with van der Waals surface area (Å²) in [6.07, 6.45) is 0. The number of sulfonamides is 1. The fraction of sp³-hybridized carbons (Fsp3) is 0. The normalized spacial score (nSPS) is 10.6. The van der Waals surface area contributed by atoms with E-state index in [1.807, 2.05) is 4.72 Å². The van der Waals surface area contributed by atoms with Crippen molar-refractivity contribution in [2.24, 2.45) is 0 Å². The molecule has 0 aliphatic carbocycles. The predicted molar refractivity (Wildman–Crippen MR) is 81.8 cm³/mol. The van der Waals surface area contributed by atoms with Crippen LogP contribution in [0.15, 0.2) is 41.3 Å². The van der Waals surface area contributed by atoms with E-state index in [9.17, 15) is 28.4 Å². The summed E-state index contributed by atoms with van der Waals surface area (Å²) in [6, 6.07) is 5.70. The molecule has 0 heterocycles. The molecule has 2 aromatic rings. The minimum Gasteiger partial charge on any atom is -0.872 e. The topological polar surface area (TPSA) is 150 Å². The van der Waals surface area contributed by atoms with Crippen LogP contribution in [-0.4, -0.2) is 24.4 Å². The van der Waals surface area contributed by atoms with E-state index >= 15 is 0 Å². The number of nitrogens with zero attached hydrogens (tertiary/aromatic N) is 1. The number of halogens is 1. The minimum absolute atomic E-state index is 0. The molecule has 126 valence electrons. The van der Waals surface area contributed by atoms with Crippen LogP contribution < -0.4 is 61.2 Å². The van der Waals surface area contributed by atoms with Crippen molar-refractivity contribution in [3.8, 4) is 5.75 Å². The Hall–Kier alpha value is -1.21. The van der Waals surface area contributed by atoms with Crippen molar-refractivity contribution in [1.82, 2.24) is 0 Å². The van der Waals surface area contributed by atoms with Gasteiger partial charge in [0.05, 0.1) is 15.4 Å². The van der Waals surface area contributed by atoms with Crippen molar-refractivity contribution in [2.75, 3.05) is 4.72 Å². The molecule has 2 N–H and O–H groups in total. The SMILES string of the molecule is O=C(O)c1cc(NS(=O)(=O)c2ccc(Cl)c([N+](=O)[O-])c2)ccc1[O-].[K+].